The summed E-state index contributed by atoms with van der Waals surface area (Å²) in [4.78, 5) is 32.0. The molecule has 0 spiro atoms. The van der Waals surface area contributed by atoms with E-state index in [1.807, 2.05) is 12.1 Å². The lowest BCUT2D eigenvalue weighted by Crippen LogP contribution is -2.33. The molecule has 0 radical (unpaired) electrons. The van der Waals surface area contributed by atoms with Crippen LogP contribution in [-0.4, -0.2) is 17.7 Å². The second-order valence-electron chi connectivity index (χ2n) is 5.54. The maximum atomic E-state index is 11.3. The van der Waals surface area contributed by atoms with Crippen LogP contribution in [0.25, 0.3) is 0 Å². The topological polar surface area (TPSA) is 75.3 Å². The van der Waals surface area contributed by atoms with Gasteiger partial charge in [-0.25, -0.2) is 0 Å². The molecule has 112 valence electrons. The number of nitrogens with one attached hydrogen (secondary N) is 2. The highest BCUT2D eigenvalue weighted by molar-refractivity contribution is 5.98. The third-order valence-electron chi connectivity index (χ3n) is 3.59. The quantitative estimate of drug-likeness (QED) is 0.775. The first-order chi connectivity index (χ1) is 9.99. The number of hydrogen-bond acceptors (Lipinski definition) is 3. The lowest BCUT2D eigenvalue weighted by Gasteiger charge is -2.09. The summed E-state index contributed by atoms with van der Waals surface area (Å²) in [6.07, 6.45) is 1.72. The molecule has 3 rings (SSSR count). The second kappa shape index (κ2) is 6.52. The van der Waals surface area contributed by atoms with Gasteiger partial charge in [0.05, 0.1) is 0 Å². The van der Waals surface area contributed by atoms with Gasteiger partial charge in [-0.15, -0.1) is 0 Å². The van der Waals surface area contributed by atoms with Gasteiger partial charge in [-0.3, -0.25) is 19.7 Å². The Hall–Kier alpha value is -2.17. The van der Waals surface area contributed by atoms with Crippen molar-refractivity contribution in [2.24, 2.45) is 0 Å². The zero-order chi connectivity index (χ0) is 15.4. The summed E-state index contributed by atoms with van der Waals surface area (Å²) in [7, 11) is 0. The first-order valence-corrected chi connectivity index (χ1v) is 7.21. The summed E-state index contributed by atoms with van der Waals surface area (Å²) >= 11 is 0. The molecule has 0 aromatic heterocycles. The van der Waals surface area contributed by atoms with Crippen LogP contribution in [0, 0.1) is 0 Å². The molecule has 2 aliphatic heterocycles. The third-order valence-corrected chi connectivity index (χ3v) is 3.59. The third kappa shape index (κ3) is 3.68. The number of rotatable bonds is 1. The normalized spacial score (nSPS) is 16.8. The van der Waals surface area contributed by atoms with Crippen LogP contribution in [0.4, 0.5) is 0 Å². The molecule has 3 amide bonds. The highest BCUT2D eigenvalue weighted by Gasteiger charge is 2.21. The molecule has 5 nitrogen and oxygen atoms in total. The van der Waals surface area contributed by atoms with E-state index in [1.54, 1.807) is 0 Å². The maximum Gasteiger partial charge on any atom is 0.251 e. The van der Waals surface area contributed by atoms with Crippen LogP contribution in [0.1, 0.15) is 60.5 Å². The Bertz CT molecular complexity index is 565. The molecule has 0 atom stereocenters. The van der Waals surface area contributed by atoms with Crippen LogP contribution >= 0.6 is 0 Å². The summed E-state index contributed by atoms with van der Waals surface area (Å²) in [5.41, 5.74) is 3.32. The van der Waals surface area contributed by atoms with Crippen LogP contribution in [0.2, 0.25) is 0 Å². The number of carbonyl (C=O) groups is 3. The Morgan fingerprint density at radius 3 is 2.24 bits per heavy atom. The Morgan fingerprint density at radius 2 is 1.71 bits per heavy atom. The fraction of sp³-hybridized carbons (Fsp3) is 0.438. The van der Waals surface area contributed by atoms with Crippen molar-refractivity contribution in [1.29, 1.82) is 0 Å². The molecular formula is C16H20N2O3. The van der Waals surface area contributed by atoms with Crippen LogP contribution in [0.15, 0.2) is 18.2 Å². The molecule has 2 N–H and O–H groups in total. The van der Waals surface area contributed by atoms with E-state index in [0.717, 1.165) is 5.56 Å². The van der Waals surface area contributed by atoms with E-state index >= 15 is 0 Å². The average molecular weight is 288 g/mol. The van der Waals surface area contributed by atoms with E-state index in [4.69, 9.17) is 0 Å². The number of piperidine rings is 1. The molecule has 21 heavy (non-hydrogen) atoms. The van der Waals surface area contributed by atoms with Crippen LogP contribution < -0.4 is 10.6 Å². The van der Waals surface area contributed by atoms with E-state index < -0.39 is 0 Å². The lowest BCUT2D eigenvalue weighted by molar-refractivity contribution is -0.132. The molecule has 5 heteroatoms. The largest absolute Gasteiger partial charge is 0.348 e. The van der Waals surface area contributed by atoms with Gasteiger partial charge in [-0.2, -0.15) is 0 Å². The van der Waals surface area contributed by atoms with Crippen molar-refractivity contribution in [3.05, 3.63) is 34.9 Å². The van der Waals surface area contributed by atoms with Gasteiger partial charge in [-0.05, 0) is 29.5 Å². The Kier molecular flexibility index (Phi) is 4.73. The van der Waals surface area contributed by atoms with Gasteiger partial charge in [0.25, 0.3) is 5.91 Å². The number of imide groups is 1. The SMILES string of the molecule is CC(C)c1cccc2c1CNC2=O.O=C1CCCC(=O)N1. The fourth-order valence-electron chi connectivity index (χ4n) is 2.51. The standard InChI is InChI=1S/C11H13NO.C5H7NO2/c1-7(2)8-4-3-5-9-10(8)6-12-11(9)13;7-4-2-1-3-5(8)6-4/h3-5,7H,6H2,1-2H3,(H,12,13);1-3H2,(H,6,7,8). The number of carbonyl (C=O) groups excluding carboxylic acids is 3. The minimum Gasteiger partial charge on any atom is -0.348 e. The number of hydrogen-bond donors (Lipinski definition) is 2. The fourth-order valence-corrected chi connectivity index (χ4v) is 2.51. The molecule has 2 aliphatic rings. The Balaban J connectivity index is 0.000000173. The summed E-state index contributed by atoms with van der Waals surface area (Å²) in [6, 6.07) is 5.95. The van der Waals surface area contributed by atoms with Crippen LogP contribution in [0.5, 0.6) is 0 Å². The monoisotopic (exact) mass is 288 g/mol. The molecule has 0 unspecified atom stereocenters. The average Bonchev–Trinajstić information content (AvgIpc) is 2.81. The van der Waals surface area contributed by atoms with Crippen molar-refractivity contribution in [2.75, 3.05) is 0 Å². The van der Waals surface area contributed by atoms with Gasteiger partial charge in [0.2, 0.25) is 11.8 Å². The summed E-state index contributed by atoms with van der Waals surface area (Å²) in [5.74, 6) is 0.280. The summed E-state index contributed by atoms with van der Waals surface area (Å²) in [5, 5.41) is 5.04. The Morgan fingerprint density at radius 1 is 1.05 bits per heavy atom. The molecule has 1 fully saturated rings. The van der Waals surface area contributed by atoms with Gasteiger partial charge in [-0.1, -0.05) is 26.0 Å². The molecule has 1 saturated heterocycles. The van der Waals surface area contributed by atoms with Crippen LogP contribution in [0.3, 0.4) is 0 Å². The van der Waals surface area contributed by atoms with Crippen LogP contribution in [-0.2, 0) is 16.1 Å². The first-order valence-electron chi connectivity index (χ1n) is 7.21. The van der Waals surface area contributed by atoms with Crippen molar-refractivity contribution in [3.8, 4) is 0 Å². The molecule has 0 bridgehead atoms. The number of fused-ring (bicyclic) bond motifs is 1. The van der Waals surface area contributed by atoms with Gasteiger partial charge in [0.15, 0.2) is 0 Å². The van der Waals surface area contributed by atoms with Crippen molar-refractivity contribution in [1.82, 2.24) is 10.6 Å². The van der Waals surface area contributed by atoms with Gasteiger partial charge >= 0.3 is 0 Å². The van der Waals surface area contributed by atoms with E-state index in [9.17, 15) is 14.4 Å². The first kappa shape index (κ1) is 15.2. The smallest absolute Gasteiger partial charge is 0.251 e. The van der Waals surface area contributed by atoms with E-state index in [-0.39, 0.29) is 17.7 Å². The number of benzene rings is 1. The molecular weight excluding hydrogens is 268 g/mol. The van der Waals surface area contributed by atoms with E-state index in [0.29, 0.717) is 31.7 Å². The molecule has 2 heterocycles. The van der Waals surface area contributed by atoms with Crippen molar-refractivity contribution in [3.63, 3.8) is 0 Å². The predicted molar refractivity (Wildman–Crippen MR) is 78.7 cm³/mol. The van der Waals surface area contributed by atoms with E-state index in [1.165, 1.54) is 11.1 Å². The maximum absolute atomic E-state index is 11.3. The molecule has 0 saturated carbocycles. The summed E-state index contributed by atoms with van der Waals surface area (Å²) in [6.45, 7) is 5.00. The molecule has 0 aliphatic carbocycles. The van der Waals surface area contributed by atoms with Crippen molar-refractivity contribution in [2.45, 2.75) is 45.6 Å². The van der Waals surface area contributed by atoms with Gasteiger partial charge < -0.3 is 5.32 Å². The van der Waals surface area contributed by atoms with Crippen molar-refractivity contribution >= 4 is 17.7 Å². The lowest BCUT2D eigenvalue weighted by atomic mass is 9.95. The highest BCUT2D eigenvalue weighted by Crippen LogP contribution is 2.25. The predicted octanol–water partition coefficient (Wildman–Crippen LogP) is 1.87. The van der Waals surface area contributed by atoms with Crippen molar-refractivity contribution < 1.29 is 14.4 Å². The Labute approximate surface area is 124 Å². The number of amides is 3. The zero-order valence-corrected chi connectivity index (χ0v) is 12.4. The molecule has 1 aromatic carbocycles. The summed E-state index contributed by atoms with van der Waals surface area (Å²) < 4.78 is 0. The highest BCUT2D eigenvalue weighted by atomic mass is 16.2. The van der Waals surface area contributed by atoms with Gasteiger partial charge in [0.1, 0.15) is 0 Å². The second-order valence-corrected chi connectivity index (χ2v) is 5.54. The molecule has 1 aromatic rings. The minimum atomic E-state index is -0.138. The zero-order valence-electron chi connectivity index (χ0n) is 12.4. The van der Waals surface area contributed by atoms with Gasteiger partial charge in [0, 0.05) is 24.9 Å². The van der Waals surface area contributed by atoms with E-state index in [2.05, 4.69) is 30.5 Å². The minimum absolute atomic E-state index is 0.0671.